The lowest BCUT2D eigenvalue weighted by Gasteiger charge is -2.28. The predicted octanol–water partition coefficient (Wildman–Crippen LogP) is 1.04. The molecule has 0 spiro atoms. The molecule has 4 rings (SSSR count). The van der Waals surface area contributed by atoms with E-state index in [0.717, 1.165) is 19.1 Å². The number of hydrogen-bond acceptors (Lipinski definition) is 7. The van der Waals surface area contributed by atoms with Gasteiger partial charge in [0.05, 0.1) is 23.9 Å². The third-order valence-electron chi connectivity index (χ3n) is 6.21. The molecular formula is C21H22N2O3S2. The lowest BCUT2D eigenvalue weighted by Crippen LogP contribution is -2.48. The number of benzene rings is 1. The maximum absolute atomic E-state index is 13.4. The fourth-order valence-electron chi connectivity index (χ4n) is 4.71. The van der Waals surface area contributed by atoms with Crippen molar-refractivity contribution in [1.82, 2.24) is 10.6 Å². The molecule has 2 unspecified atom stereocenters. The van der Waals surface area contributed by atoms with Crippen LogP contribution in [-0.4, -0.2) is 52.8 Å². The first kappa shape index (κ1) is 19.6. The molecule has 5 nitrogen and oxygen atoms in total. The molecule has 2 aliphatic heterocycles. The number of fused-ring (bicyclic) bond motifs is 1. The van der Waals surface area contributed by atoms with E-state index in [0.29, 0.717) is 29.2 Å². The maximum atomic E-state index is 13.4. The Bertz CT molecular complexity index is 869. The Labute approximate surface area is 174 Å². The zero-order chi connectivity index (χ0) is 19.8. The summed E-state index contributed by atoms with van der Waals surface area (Å²) in [6.45, 7) is 0.731. The van der Waals surface area contributed by atoms with E-state index in [4.69, 9.17) is 24.4 Å². The van der Waals surface area contributed by atoms with Gasteiger partial charge in [0.1, 0.15) is 12.1 Å². The molecule has 7 heteroatoms. The highest BCUT2D eigenvalue weighted by atomic mass is 32.1. The molecule has 1 aromatic carbocycles. The number of nitrogens with one attached hydrogen (secondary N) is 2. The molecule has 1 aliphatic carbocycles. The molecule has 0 bridgehead atoms. The lowest BCUT2D eigenvalue weighted by atomic mass is 9.75. The molecular weight excluding hydrogens is 392 g/mol. The Morgan fingerprint density at radius 2 is 1.64 bits per heavy atom. The summed E-state index contributed by atoms with van der Waals surface area (Å²) in [6, 6.07) is 6.88. The third kappa shape index (κ3) is 3.41. The number of Topliss-reactive ketones (excluding diaryl/α,β-unsaturated/α-hetero) is 2. The Hall–Kier alpha value is -1.67. The fourth-order valence-corrected chi connectivity index (χ4v) is 5.39. The van der Waals surface area contributed by atoms with Gasteiger partial charge in [-0.3, -0.25) is 9.59 Å². The fraction of sp³-hybridized carbons (Fsp3) is 0.476. The number of thiocarbonyl (C=S) groups is 2. The van der Waals surface area contributed by atoms with Crippen LogP contribution in [0.1, 0.15) is 17.5 Å². The summed E-state index contributed by atoms with van der Waals surface area (Å²) in [5.41, 5.74) is 2.50. The molecule has 2 saturated heterocycles. The van der Waals surface area contributed by atoms with Crippen molar-refractivity contribution in [3.63, 3.8) is 0 Å². The van der Waals surface area contributed by atoms with Crippen LogP contribution in [0.2, 0.25) is 0 Å². The van der Waals surface area contributed by atoms with Gasteiger partial charge in [-0.15, -0.1) is 0 Å². The van der Waals surface area contributed by atoms with E-state index < -0.39 is 23.9 Å². The average molecular weight is 415 g/mol. The SMILES string of the molecule is O=C[C@H]1NCC(=S)C1C(=O)[C@H]1NCC(=S)C1C(=O)[C@@H]1CCc2ccccc2C1. The molecule has 0 radical (unpaired) electrons. The Kier molecular flexibility index (Phi) is 5.60. The Morgan fingerprint density at radius 3 is 2.39 bits per heavy atom. The van der Waals surface area contributed by atoms with Crippen LogP contribution in [0.3, 0.4) is 0 Å². The smallest absolute Gasteiger partial charge is 0.160 e. The van der Waals surface area contributed by atoms with Gasteiger partial charge in [-0.2, -0.15) is 0 Å². The number of aldehydes is 1. The molecule has 0 aromatic heterocycles. The average Bonchev–Trinajstić information content (AvgIpc) is 3.28. The van der Waals surface area contributed by atoms with Gasteiger partial charge in [-0.1, -0.05) is 48.7 Å². The van der Waals surface area contributed by atoms with Crippen molar-refractivity contribution < 1.29 is 14.4 Å². The molecule has 2 N–H and O–H groups in total. The number of carbonyl (C=O) groups excluding carboxylic acids is 3. The summed E-state index contributed by atoms with van der Waals surface area (Å²) < 4.78 is 0. The highest BCUT2D eigenvalue weighted by molar-refractivity contribution is 7.80. The molecule has 1 aromatic rings. The van der Waals surface area contributed by atoms with Crippen LogP contribution in [0.25, 0.3) is 0 Å². The summed E-state index contributed by atoms with van der Waals surface area (Å²) in [5, 5.41) is 6.09. The van der Waals surface area contributed by atoms with E-state index in [-0.39, 0.29) is 17.5 Å². The number of rotatable bonds is 5. The molecule has 2 fully saturated rings. The second kappa shape index (κ2) is 7.99. The van der Waals surface area contributed by atoms with Crippen molar-refractivity contribution >= 4 is 52.0 Å². The molecule has 2 heterocycles. The van der Waals surface area contributed by atoms with Crippen molar-refractivity contribution in [2.75, 3.05) is 13.1 Å². The predicted molar refractivity (Wildman–Crippen MR) is 114 cm³/mol. The Balaban J connectivity index is 1.55. The van der Waals surface area contributed by atoms with E-state index in [2.05, 4.69) is 22.8 Å². The first-order valence-corrected chi connectivity index (χ1v) is 10.4. The molecule has 146 valence electrons. The third-order valence-corrected chi connectivity index (χ3v) is 7.01. The second-order valence-corrected chi connectivity index (χ2v) is 8.85. The van der Waals surface area contributed by atoms with Crippen LogP contribution in [0.5, 0.6) is 0 Å². The van der Waals surface area contributed by atoms with Gasteiger partial charge >= 0.3 is 0 Å². The van der Waals surface area contributed by atoms with Crippen LogP contribution in [0.15, 0.2) is 24.3 Å². The largest absolute Gasteiger partial charge is 0.302 e. The summed E-state index contributed by atoms with van der Waals surface area (Å²) in [4.78, 5) is 39.0. The van der Waals surface area contributed by atoms with Crippen molar-refractivity contribution in [2.45, 2.75) is 31.3 Å². The maximum Gasteiger partial charge on any atom is 0.160 e. The topological polar surface area (TPSA) is 75.3 Å². The van der Waals surface area contributed by atoms with Crippen LogP contribution in [-0.2, 0) is 27.2 Å². The van der Waals surface area contributed by atoms with E-state index in [9.17, 15) is 14.4 Å². The van der Waals surface area contributed by atoms with Crippen LogP contribution in [0.4, 0.5) is 0 Å². The molecule has 0 amide bonds. The molecule has 3 aliphatic rings. The summed E-state index contributed by atoms with van der Waals surface area (Å²) in [7, 11) is 0. The molecule has 0 saturated carbocycles. The van der Waals surface area contributed by atoms with Gasteiger partial charge in [-0.05, 0) is 30.4 Å². The molecule has 5 atom stereocenters. The number of carbonyl (C=O) groups is 3. The van der Waals surface area contributed by atoms with Crippen LogP contribution < -0.4 is 10.6 Å². The summed E-state index contributed by atoms with van der Waals surface area (Å²) in [6.07, 6.45) is 3.05. The van der Waals surface area contributed by atoms with Gasteiger partial charge in [0.25, 0.3) is 0 Å². The van der Waals surface area contributed by atoms with Gasteiger partial charge in [0.15, 0.2) is 5.78 Å². The standard InChI is InChI=1S/C21H22N2O3S2/c24-10-14-17(15(27)8-22-14)21(26)19-18(16(28)9-23-19)20(25)13-6-5-11-3-1-2-4-12(11)7-13/h1-4,10,13-14,17-19,22-23H,5-9H2/t13-,14-,17?,18?,19+/m1/s1. The van der Waals surface area contributed by atoms with Crippen LogP contribution >= 0.6 is 24.4 Å². The van der Waals surface area contributed by atoms with E-state index in [1.807, 2.05) is 12.1 Å². The highest BCUT2D eigenvalue weighted by Gasteiger charge is 2.48. The number of aryl methyl sites for hydroxylation is 1. The minimum Gasteiger partial charge on any atom is -0.302 e. The zero-order valence-electron chi connectivity index (χ0n) is 15.4. The summed E-state index contributed by atoms with van der Waals surface area (Å²) in [5.74, 6) is -1.57. The van der Waals surface area contributed by atoms with Crippen molar-refractivity contribution in [1.29, 1.82) is 0 Å². The summed E-state index contributed by atoms with van der Waals surface area (Å²) >= 11 is 10.8. The minimum atomic E-state index is -0.692. The van der Waals surface area contributed by atoms with Gasteiger partial charge in [0, 0.05) is 28.7 Å². The number of ketones is 2. The Morgan fingerprint density at radius 1 is 0.964 bits per heavy atom. The highest BCUT2D eigenvalue weighted by Crippen LogP contribution is 2.31. The quantitative estimate of drug-likeness (QED) is 0.551. The number of hydrogen-bond donors (Lipinski definition) is 2. The first-order valence-electron chi connectivity index (χ1n) is 9.63. The van der Waals surface area contributed by atoms with E-state index >= 15 is 0 Å². The first-order chi connectivity index (χ1) is 13.5. The van der Waals surface area contributed by atoms with E-state index in [1.165, 1.54) is 11.1 Å². The monoisotopic (exact) mass is 414 g/mol. The van der Waals surface area contributed by atoms with Gasteiger partial charge in [-0.25, -0.2) is 0 Å². The zero-order valence-corrected chi connectivity index (χ0v) is 17.0. The second-order valence-electron chi connectivity index (χ2n) is 7.80. The van der Waals surface area contributed by atoms with Gasteiger partial charge < -0.3 is 15.4 Å². The normalized spacial score (nSPS) is 32.2. The molecule has 28 heavy (non-hydrogen) atoms. The van der Waals surface area contributed by atoms with E-state index in [1.54, 1.807) is 0 Å². The minimum absolute atomic E-state index is 0.0439. The van der Waals surface area contributed by atoms with Crippen molar-refractivity contribution in [3.8, 4) is 0 Å². The van der Waals surface area contributed by atoms with Crippen molar-refractivity contribution in [3.05, 3.63) is 35.4 Å². The van der Waals surface area contributed by atoms with Crippen LogP contribution in [0, 0.1) is 17.8 Å². The van der Waals surface area contributed by atoms with Gasteiger partial charge in [0.2, 0.25) is 0 Å². The lowest BCUT2D eigenvalue weighted by molar-refractivity contribution is -0.131. The van der Waals surface area contributed by atoms with Crippen molar-refractivity contribution in [2.24, 2.45) is 17.8 Å².